The van der Waals surface area contributed by atoms with Crippen molar-refractivity contribution in [3.05, 3.63) is 59.8 Å². The van der Waals surface area contributed by atoms with E-state index in [-0.39, 0.29) is 11.8 Å². The van der Waals surface area contributed by atoms with Crippen molar-refractivity contribution in [1.29, 1.82) is 0 Å². The normalized spacial score (nSPS) is 15.6. The fourth-order valence-corrected chi connectivity index (χ4v) is 3.29. The molecule has 0 spiro atoms. The zero-order valence-corrected chi connectivity index (χ0v) is 14.9. The van der Waals surface area contributed by atoms with Crippen LogP contribution < -0.4 is 15.2 Å². The molecule has 1 aromatic heterocycles. The molecular formula is C20H23F3N3O+. The van der Waals surface area contributed by atoms with Gasteiger partial charge in [0.2, 0.25) is 5.91 Å². The van der Waals surface area contributed by atoms with Gasteiger partial charge in [-0.2, -0.15) is 13.2 Å². The fourth-order valence-electron chi connectivity index (χ4n) is 3.29. The Kier molecular flexibility index (Phi) is 5.98. The monoisotopic (exact) mass is 378 g/mol. The molecule has 1 aliphatic heterocycles. The molecule has 0 bridgehead atoms. The number of carbonyl (C=O) groups excluding carboxylic acids is 1. The van der Waals surface area contributed by atoms with E-state index in [2.05, 4.69) is 10.3 Å². The van der Waals surface area contributed by atoms with E-state index in [1.807, 2.05) is 35.2 Å². The summed E-state index contributed by atoms with van der Waals surface area (Å²) >= 11 is 0. The van der Waals surface area contributed by atoms with Crippen molar-refractivity contribution in [2.24, 2.45) is 5.92 Å². The molecular weight excluding hydrogens is 355 g/mol. The van der Waals surface area contributed by atoms with Crippen molar-refractivity contribution in [1.82, 2.24) is 5.32 Å². The van der Waals surface area contributed by atoms with Crippen LogP contribution in [0.15, 0.2) is 48.7 Å². The summed E-state index contributed by atoms with van der Waals surface area (Å²) < 4.78 is 37.9. The van der Waals surface area contributed by atoms with Gasteiger partial charge in [-0.1, -0.05) is 30.3 Å². The van der Waals surface area contributed by atoms with Gasteiger partial charge in [0.15, 0.2) is 0 Å². The fraction of sp³-hybridized carbons (Fsp3) is 0.400. The van der Waals surface area contributed by atoms with Crippen molar-refractivity contribution < 1.29 is 22.9 Å². The maximum absolute atomic E-state index is 12.6. The Morgan fingerprint density at radius 3 is 2.41 bits per heavy atom. The molecule has 2 aromatic rings. The number of anilines is 1. The van der Waals surface area contributed by atoms with Crippen LogP contribution in [-0.4, -0.2) is 25.5 Å². The smallest absolute Gasteiger partial charge is 0.356 e. The van der Waals surface area contributed by atoms with E-state index < -0.39 is 11.7 Å². The number of rotatable bonds is 5. The van der Waals surface area contributed by atoms with Crippen molar-refractivity contribution in [2.45, 2.75) is 25.4 Å². The van der Waals surface area contributed by atoms with Crippen molar-refractivity contribution in [2.75, 3.05) is 24.5 Å². The molecule has 1 fully saturated rings. The summed E-state index contributed by atoms with van der Waals surface area (Å²) in [6.45, 7) is 1.88. The number of nitrogens with one attached hydrogen (secondary N) is 2. The van der Waals surface area contributed by atoms with Crippen LogP contribution in [-0.2, 0) is 17.4 Å². The average molecular weight is 378 g/mol. The number of hydrogen-bond donors (Lipinski definition) is 1. The summed E-state index contributed by atoms with van der Waals surface area (Å²) in [5.74, 6) is 0.652. The topological polar surface area (TPSA) is 46.5 Å². The molecule has 4 nitrogen and oxygen atoms in total. The highest BCUT2D eigenvalue weighted by molar-refractivity contribution is 5.78. The first kappa shape index (κ1) is 19.2. The molecule has 0 radical (unpaired) electrons. The van der Waals surface area contributed by atoms with Gasteiger partial charge in [-0.25, -0.2) is 4.98 Å². The molecule has 7 heteroatoms. The van der Waals surface area contributed by atoms with Crippen LogP contribution in [0.5, 0.6) is 0 Å². The van der Waals surface area contributed by atoms with Gasteiger partial charge in [0, 0.05) is 18.5 Å². The highest BCUT2D eigenvalue weighted by Crippen LogP contribution is 2.29. The third-order valence-electron chi connectivity index (χ3n) is 4.89. The van der Waals surface area contributed by atoms with Gasteiger partial charge in [-0.15, -0.1) is 0 Å². The Morgan fingerprint density at radius 2 is 1.81 bits per heavy atom. The van der Waals surface area contributed by atoms with Crippen LogP contribution >= 0.6 is 0 Å². The standard InChI is InChI=1S/C20H22F3N3O/c21-20(22,23)17-6-7-18(25-14-17)26-12-9-16(10-13-26)19(27)24-11-8-15-4-2-1-3-5-15/h1-7,14,16H,8-13H2,(H,24,27)/p+1. The number of nitrogens with zero attached hydrogens (tertiary/aromatic N) is 1. The number of piperidine rings is 1. The highest BCUT2D eigenvalue weighted by Gasteiger charge is 2.33. The minimum absolute atomic E-state index is 0.0496. The number of pyridine rings is 1. The number of amides is 1. The van der Waals surface area contributed by atoms with Crippen molar-refractivity contribution in [3.8, 4) is 0 Å². The number of aromatic nitrogens is 1. The second kappa shape index (κ2) is 8.41. The number of benzene rings is 1. The van der Waals surface area contributed by atoms with E-state index >= 15 is 0 Å². The predicted molar refractivity (Wildman–Crippen MR) is 96.1 cm³/mol. The lowest BCUT2D eigenvalue weighted by atomic mass is 9.95. The third kappa shape index (κ3) is 5.21. The largest absolute Gasteiger partial charge is 0.419 e. The van der Waals surface area contributed by atoms with E-state index in [1.54, 1.807) is 0 Å². The third-order valence-corrected chi connectivity index (χ3v) is 4.89. The van der Waals surface area contributed by atoms with E-state index in [0.29, 0.717) is 38.3 Å². The minimum Gasteiger partial charge on any atom is -0.356 e. The highest BCUT2D eigenvalue weighted by atomic mass is 19.4. The summed E-state index contributed by atoms with van der Waals surface area (Å²) in [5, 5.41) is 2.99. The molecule has 0 unspecified atom stereocenters. The molecule has 2 heterocycles. The summed E-state index contributed by atoms with van der Waals surface area (Å²) in [7, 11) is 0. The van der Waals surface area contributed by atoms with Crippen molar-refractivity contribution >= 4 is 11.7 Å². The van der Waals surface area contributed by atoms with Gasteiger partial charge in [0.1, 0.15) is 6.20 Å². The Labute approximate surface area is 156 Å². The molecule has 0 atom stereocenters. The number of halogens is 3. The van der Waals surface area contributed by atoms with Gasteiger partial charge < -0.3 is 5.32 Å². The lowest BCUT2D eigenvalue weighted by molar-refractivity contribution is -0.367. The van der Waals surface area contributed by atoms with Gasteiger partial charge in [-0.05, 0) is 30.9 Å². The SMILES string of the molecule is O=C(NCCc1ccccc1)C1CCN(c2ccc(C(F)(F)F)c[nH+]2)CC1. The summed E-state index contributed by atoms with van der Waals surface area (Å²) in [6.07, 6.45) is -1.19. The first-order valence-electron chi connectivity index (χ1n) is 9.09. The van der Waals surface area contributed by atoms with E-state index in [1.165, 1.54) is 11.6 Å². The Balaban J connectivity index is 1.45. The lowest BCUT2D eigenvalue weighted by Crippen LogP contribution is -2.42. The maximum atomic E-state index is 12.6. The molecule has 0 saturated carbocycles. The minimum atomic E-state index is -4.35. The number of carbonyl (C=O) groups is 1. The zero-order valence-electron chi connectivity index (χ0n) is 14.9. The molecule has 144 valence electrons. The van der Waals surface area contributed by atoms with Crippen LogP contribution in [0.25, 0.3) is 0 Å². The van der Waals surface area contributed by atoms with Gasteiger partial charge in [0.05, 0.1) is 18.7 Å². The maximum Gasteiger partial charge on any atom is 0.419 e. The lowest BCUT2D eigenvalue weighted by Gasteiger charge is -2.27. The molecule has 3 rings (SSSR count). The number of aromatic amines is 1. The zero-order chi connectivity index (χ0) is 19.3. The Bertz CT molecular complexity index is 739. The molecule has 1 amide bonds. The number of alkyl halides is 3. The summed E-state index contributed by atoms with van der Waals surface area (Å²) in [5.41, 5.74) is 0.490. The van der Waals surface area contributed by atoms with Crippen molar-refractivity contribution in [3.63, 3.8) is 0 Å². The van der Waals surface area contributed by atoms with Gasteiger partial charge in [-0.3, -0.25) is 9.69 Å². The van der Waals surface area contributed by atoms with Crippen LogP contribution in [0.2, 0.25) is 0 Å². The molecule has 27 heavy (non-hydrogen) atoms. The first-order valence-corrected chi connectivity index (χ1v) is 9.09. The first-order chi connectivity index (χ1) is 12.9. The second-order valence-electron chi connectivity index (χ2n) is 6.75. The Morgan fingerprint density at radius 1 is 1.11 bits per heavy atom. The van der Waals surface area contributed by atoms with Gasteiger partial charge in [0.25, 0.3) is 5.82 Å². The molecule has 2 N–H and O–H groups in total. The quantitative estimate of drug-likeness (QED) is 0.869. The van der Waals surface area contributed by atoms with Crippen LogP contribution in [0.4, 0.5) is 19.0 Å². The van der Waals surface area contributed by atoms with E-state index in [9.17, 15) is 18.0 Å². The average Bonchev–Trinajstić information content (AvgIpc) is 2.68. The van der Waals surface area contributed by atoms with Crippen LogP contribution in [0, 0.1) is 5.92 Å². The molecule has 0 aliphatic carbocycles. The van der Waals surface area contributed by atoms with Gasteiger partial charge >= 0.3 is 6.18 Å². The summed E-state index contributed by atoms with van der Waals surface area (Å²) in [6, 6.07) is 12.5. The molecule has 1 aliphatic rings. The molecule has 1 saturated heterocycles. The number of hydrogen-bond acceptors (Lipinski definition) is 2. The second-order valence-corrected chi connectivity index (χ2v) is 6.75. The number of H-pyrrole nitrogens is 1. The van der Waals surface area contributed by atoms with Crippen LogP contribution in [0.3, 0.4) is 0 Å². The van der Waals surface area contributed by atoms with Crippen LogP contribution in [0.1, 0.15) is 24.0 Å². The Hall–Kier alpha value is -2.57. The summed E-state index contributed by atoms with van der Waals surface area (Å²) in [4.78, 5) is 17.0. The predicted octanol–water partition coefficient (Wildman–Crippen LogP) is 3.09. The van der Waals surface area contributed by atoms with E-state index in [4.69, 9.17) is 0 Å². The van der Waals surface area contributed by atoms with E-state index in [0.717, 1.165) is 18.7 Å². The molecule has 1 aromatic carbocycles.